The van der Waals surface area contributed by atoms with Crippen LogP contribution in [0.3, 0.4) is 0 Å². The second-order valence-corrected chi connectivity index (χ2v) is 6.04. The lowest BCUT2D eigenvalue weighted by molar-refractivity contribution is 0.579. The Bertz CT molecular complexity index is 645. The third kappa shape index (κ3) is 2.17. The summed E-state index contributed by atoms with van der Waals surface area (Å²) < 4.78 is 17.0. The summed E-state index contributed by atoms with van der Waals surface area (Å²) in [5.41, 5.74) is 3.38. The van der Waals surface area contributed by atoms with E-state index in [-0.39, 0.29) is 0 Å². The molecule has 0 spiro atoms. The predicted octanol–water partition coefficient (Wildman–Crippen LogP) is 3.51. The molecule has 0 fully saturated rings. The molecule has 3 nitrogen and oxygen atoms in total. The fourth-order valence-electron chi connectivity index (χ4n) is 1.95. The van der Waals surface area contributed by atoms with Gasteiger partial charge in [-0.3, -0.25) is 0 Å². The molecule has 3 rings (SSSR count). The van der Waals surface area contributed by atoms with E-state index >= 15 is 0 Å². The van der Waals surface area contributed by atoms with Crippen molar-refractivity contribution in [1.29, 1.82) is 0 Å². The van der Waals surface area contributed by atoms with Gasteiger partial charge in [0.05, 0.1) is 12.5 Å². The van der Waals surface area contributed by atoms with Gasteiger partial charge in [0, 0.05) is 5.56 Å². The van der Waals surface area contributed by atoms with Gasteiger partial charge in [0.1, 0.15) is 30.2 Å². The first-order valence-corrected chi connectivity index (χ1v) is 7.43. The molecule has 20 heavy (non-hydrogen) atoms. The van der Waals surface area contributed by atoms with Crippen LogP contribution in [0.25, 0.3) is 12.2 Å². The number of hydrogen-bond acceptors (Lipinski definition) is 3. The Hall–Kier alpha value is -2.25. The quantitative estimate of drug-likeness (QED) is 0.673. The predicted molar refractivity (Wildman–Crippen MR) is 82.1 cm³/mol. The average Bonchev–Trinajstić information content (AvgIpc) is 3.21. The Morgan fingerprint density at radius 2 is 1.55 bits per heavy atom. The summed E-state index contributed by atoms with van der Waals surface area (Å²) in [6.45, 7) is 7.55. The molecule has 0 radical (unpaired) electrons. The third-order valence-electron chi connectivity index (χ3n) is 2.86. The van der Waals surface area contributed by atoms with E-state index in [2.05, 4.69) is 13.2 Å². The fourth-order valence-corrected chi connectivity index (χ4v) is 3.87. The molecular weight excluding hydrogens is 271 g/mol. The molecule has 0 bridgehead atoms. The highest BCUT2D eigenvalue weighted by molar-refractivity contribution is 7.78. The minimum atomic E-state index is -0.974. The standard InChI is InChI=1S/C16H13O3P/c1-3-12-11-16(19-13(12)4-2)20(14-7-5-9-17-14)15-8-6-10-18-15/h3-11H,1-2H2. The van der Waals surface area contributed by atoms with E-state index < -0.39 is 7.92 Å². The van der Waals surface area contributed by atoms with Gasteiger partial charge in [-0.1, -0.05) is 19.2 Å². The first-order valence-electron chi connectivity index (χ1n) is 6.09. The molecule has 0 saturated heterocycles. The summed E-state index contributed by atoms with van der Waals surface area (Å²) >= 11 is 0. The van der Waals surface area contributed by atoms with Crippen LogP contribution in [0.4, 0.5) is 0 Å². The van der Waals surface area contributed by atoms with Crippen LogP contribution in [0.15, 0.2) is 69.3 Å². The average molecular weight is 284 g/mol. The van der Waals surface area contributed by atoms with Crippen molar-refractivity contribution in [2.75, 3.05) is 0 Å². The Morgan fingerprint density at radius 1 is 0.900 bits per heavy atom. The maximum atomic E-state index is 5.88. The van der Waals surface area contributed by atoms with E-state index in [4.69, 9.17) is 13.3 Å². The van der Waals surface area contributed by atoms with E-state index in [9.17, 15) is 0 Å². The molecule has 4 heteroatoms. The van der Waals surface area contributed by atoms with Gasteiger partial charge in [-0.25, -0.2) is 0 Å². The third-order valence-corrected chi connectivity index (χ3v) is 4.91. The minimum Gasteiger partial charge on any atom is -0.464 e. The van der Waals surface area contributed by atoms with Crippen molar-refractivity contribution in [2.45, 2.75) is 0 Å². The highest BCUT2D eigenvalue weighted by Gasteiger charge is 2.26. The Balaban J connectivity index is 2.13. The van der Waals surface area contributed by atoms with Gasteiger partial charge in [-0.05, 0) is 36.4 Å². The molecule has 3 heterocycles. The van der Waals surface area contributed by atoms with Gasteiger partial charge in [0.2, 0.25) is 0 Å². The van der Waals surface area contributed by atoms with Crippen molar-refractivity contribution in [3.8, 4) is 0 Å². The smallest absolute Gasteiger partial charge is 0.142 e. The van der Waals surface area contributed by atoms with Gasteiger partial charge in [-0.2, -0.15) is 0 Å². The highest BCUT2D eigenvalue weighted by atomic mass is 31.1. The first kappa shape index (κ1) is 12.8. The van der Waals surface area contributed by atoms with E-state index in [0.29, 0.717) is 5.76 Å². The molecule has 3 aromatic heterocycles. The lowest BCUT2D eigenvalue weighted by Crippen LogP contribution is -2.17. The van der Waals surface area contributed by atoms with Crippen molar-refractivity contribution in [3.63, 3.8) is 0 Å². The highest BCUT2D eigenvalue weighted by Crippen LogP contribution is 2.35. The zero-order valence-corrected chi connectivity index (χ0v) is 11.7. The summed E-state index contributed by atoms with van der Waals surface area (Å²) in [7, 11) is -0.974. The molecule has 0 aliphatic rings. The Morgan fingerprint density at radius 3 is 1.95 bits per heavy atom. The monoisotopic (exact) mass is 284 g/mol. The van der Waals surface area contributed by atoms with Crippen LogP contribution >= 0.6 is 7.92 Å². The van der Waals surface area contributed by atoms with Crippen molar-refractivity contribution < 1.29 is 13.3 Å². The largest absolute Gasteiger partial charge is 0.464 e. The van der Waals surface area contributed by atoms with E-state index in [1.807, 2.05) is 30.3 Å². The lowest BCUT2D eigenvalue weighted by atomic mass is 10.2. The fraction of sp³-hybridized carbons (Fsp3) is 0. The summed E-state index contributed by atoms with van der Waals surface area (Å²) in [6.07, 6.45) is 6.73. The molecule has 100 valence electrons. The van der Waals surface area contributed by atoms with E-state index in [1.165, 1.54) is 0 Å². The molecular formula is C16H13O3P. The second-order valence-electron chi connectivity index (χ2n) is 4.05. The van der Waals surface area contributed by atoms with Crippen LogP contribution in [0.1, 0.15) is 11.3 Å². The van der Waals surface area contributed by atoms with Crippen LogP contribution in [-0.4, -0.2) is 0 Å². The van der Waals surface area contributed by atoms with Crippen LogP contribution in [-0.2, 0) is 0 Å². The van der Waals surface area contributed by atoms with Crippen molar-refractivity contribution in [3.05, 3.63) is 67.3 Å². The molecule has 0 N–H and O–H groups in total. The summed E-state index contributed by atoms with van der Waals surface area (Å²) in [5, 5.41) is 0. The van der Waals surface area contributed by atoms with Crippen LogP contribution in [0, 0.1) is 0 Å². The number of furan rings is 3. The van der Waals surface area contributed by atoms with Gasteiger partial charge in [0.15, 0.2) is 0 Å². The lowest BCUT2D eigenvalue weighted by Gasteiger charge is -2.08. The van der Waals surface area contributed by atoms with Crippen LogP contribution in [0.2, 0.25) is 0 Å². The zero-order chi connectivity index (χ0) is 13.9. The van der Waals surface area contributed by atoms with Gasteiger partial charge in [-0.15, -0.1) is 0 Å². The SMILES string of the molecule is C=Cc1cc(P(c2ccco2)c2ccco2)oc1C=C. The van der Waals surface area contributed by atoms with Crippen molar-refractivity contribution in [1.82, 2.24) is 0 Å². The number of hydrogen-bond donors (Lipinski definition) is 0. The number of rotatable bonds is 5. The first-order chi connectivity index (χ1) is 9.83. The summed E-state index contributed by atoms with van der Waals surface area (Å²) in [6, 6.07) is 9.54. The maximum absolute atomic E-state index is 5.88. The molecule has 0 unspecified atom stereocenters. The maximum Gasteiger partial charge on any atom is 0.142 e. The van der Waals surface area contributed by atoms with E-state index in [0.717, 1.165) is 22.1 Å². The topological polar surface area (TPSA) is 39.4 Å². The molecule has 3 aromatic rings. The van der Waals surface area contributed by atoms with Crippen LogP contribution < -0.4 is 16.5 Å². The Labute approximate surface area is 118 Å². The molecule has 0 aromatic carbocycles. The minimum absolute atomic E-state index is 0.709. The van der Waals surface area contributed by atoms with Crippen LogP contribution in [0.5, 0.6) is 0 Å². The molecule has 0 aliphatic carbocycles. The normalized spacial score (nSPS) is 10.8. The summed E-state index contributed by atoms with van der Waals surface area (Å²) in [4.78, 5) is 0. The molecule has 0 saturated carbocycles. The molecule has 0 amide bonds. The van der Waals surface area contributed by atoms with Gasteiger partial charge < -0.3 is 13.3 Å². The molecule has 0 aliphatic heterocycles. The van der Waals surface area contributed by atoms with Gasteiger partial charge >= 0.3 is 0 Å². The summed E-state index contributed by atoms with van der Waals surface area (Å²) in [5.74, 6) is 0.709. The van der Waals surface area contributed by atoms with Crippen molar-refractivity contribution in [2.24, 2.45) is 0 Å². The Kier molecular flexibility index (Phi) is 3.44. The van der Waals surface area contributed by atoms with Crippen molar-refractivity contribution >= 4 is 36.6 Å². The zero-order valence-electron chi connectivity index (χ0n) is 10.8. The van der Waals surface area contributed by atoms with E-state index in [1.54, 1.807) is 24.7 Å². The van der Waals surface area contributed by atoms with Gasteiger partial charge in [0.25, 0.3) is 0 Å². The second kappa shape index (κ2) is 5.40. The molecule has 0 atom stereocenters.